The van der Waals surface area contributed by atoms with Gasteiger partial charge in [-0.05, 0) is 36.1 Å². The fourth-order valence-corrected chi connectivity index (χ4v) is 2.52. The lowest BCUT2D eigenvalue weighted by atomic mass is 9.96. The maximum Gasteiger partial charge on any atom is 0.00468 e. The average molecular weight is 254 g/mol. The molecule has 0 nitrogen and oxygen atoms in total. The van der Waals surface area contributed by atoms with E-state index in [1.165, 1.54) is 22.3 Å². The van der Waals surface area contributed by atoms with E-state index in [1.807, 2.05) is 6.07 Å². The van der Waals surface area contributed by atoms with Gasteiger partial charge in [0.05, 0.1) is 0 Å². The van der Waals surface area contributed by atoms with Crippen LogP contribution in [0.3, 0.4) is 0 Å². The molecule has 0 bridgehead atoms. The average Bonchev–Trinajstić information content (AvgIpc) is 2.35. The zero-order valence-electron chi connectivity index (χ0n) is 10.9. The zero-order valence-corrected chi connectivity index (χ0v) is 11.8. The SMILES string of the molecule is Cc1cccc(C)c1CC(=S)Cc1ccccc1. The molecule has 0 spiro atoms. The molecule has 0 aliphatic rings. The molecule has 2 aromatic carbocycles. The number of benzene rings is 2. The Balaban J connectivity index is 2.08. The predicted octanol–water partition coefficient (Wildman–Crippen LogP) is 4.46. The van der Waals surface area contributed by atoms with Crippen LogP contribution in [0.2, 0.25) is 0 Å². The van der Waals surface area contributed by atoms with Crippen LogP contribution in [0.15, 0.2) is 48.5 Å². The Bertz CT molecular complexity index is 521. The molecule has 1 heteroatoms. The third kappa shape index (κ3) is 3.27. The number of thiocarbonyl (C=S) groups is 1. The van der Waals surface area contributed by atoms with Gasteiger partial charge in [-0.25, -0.2) is 0 Å². The number of aryl methyl sites for hydroxylation is 2. The highest BCUT2D eigenvalue weighted by Gasteiger charge is 2.06. The van der Waals surface area contributed by atoms with Crippen LogP contribution in [0.4, 0.5) is 0 Å². The molecule has 0 unspecified atom stereocenters. The predicted molar refractivity (Wildman–Crippen MR) is 82.4 cm³/mol. The fourth-order valence-electron chi connectivity index (χ4n) is 2.21. The Morgan fingerprint density at radius 1 is 0.833 bits per heavy atom. The van der Waals surface area contributed by atoms with Gasteiger partial charge >= 0.3 is 0 Å². The van der Waals surface area contributed by atoms with Crippen LogP contribution in [-0.2, 0) is 12.8 Å². The Morgan fingerprint density at radius 3 is 2.06 bits per heavy atom. The molecule has 0 heterocycles. The number of hydrogen-bond donors (Lipinski definition) is 0. The summed E-state index contributed by atoms with van der Waals surface area (Å²) >= 11 is 5.54. The summed E-state index contributed by atoms with van der Waals surface area (Å²) in [5, 5.41) is 0. The van der Waals surface area contributed by atoms with Crippen molar-refractivity contribution >= 4 is 17.1 Å². The van der Waals surface area contributed by atoms with Crippen molar-refractivity contribution in [3.8, 4) is 0 Å². The third-order valence-electron chi connectivity index (χ3n) is 3.26. The fraction of sp³-hybridized carbons (Fsp3) is 0.235. The van der Waals surface area contributed by atoms with Gasteiger partial charge in [-0.15, -0.1) is 0 Å². The van der Waals surface area contributed by atoms with Gasteiger partial charge in [-0.3, -0.25) is 0 Å². The molecule has 18 heavy (non-hydrogen) atoms. The molecule has 0 aliphatic heterocycles. The molecular formula is C17H18S. The highest BCUT2D eigenvalue weighted by Crippen LogP contribution is 2.15. The Kier molecular flexibility index (Phi) is 4.27. The Hall–Kier alpha value is -1.47. The Labute approximate surface area is 115 Å². The van der Waals surface area contributed by atoms with Gasteiger partial charge in [0.1, 0.15) is 0 Å². The Morgan fingerprint density at radius 2 is 1.44 bits per heavy atom. The van der Waals surface area contributed by atoms with E-state index in [0.29, 0.717) is 0 Å². The van der Waals surface area contributed by atoms with Gasteiger partial charge in [-0.1, -0.05) is 60.7 Å². The minimum atomic E-state index is 0.893. The first-order valence-corrected chi connectivity index (χ1v) is 6.68. The van der Waals surface area contributed by atoms with Gasteiger partial charge in [0.2, 0.25) is 0 Å². The van der Waals surface area contributed by atoms with Crippen molar-refractivity contribution in [3.63, 3.8) is 0 Å². The largest absolute Gasteiger partial charge is 0.0890 e. The van der Waals surface area contributed by atoms with Gasteiger partial charge in [0.15, 0.2) is 0 Å². The summed E-state index contributed by atoms with van der Waals surface area (Å²) in [5.74, 6) is 0. The first-order valence-electron chi connectivity index (χ1n) is 6.27. The van der Waals surface area contributed by atoms with E-state index in [1.54, 1.807) is 0 Å². The lowest BCUT2D eigenvalue weighted by molar-refractivity contribution is 1.18. The van der Waals surface area contributed by atoms with E-state index in [4.69, 9.17) is 12.2 Å². The van der Waals surface area contributed by atoms with Crippen molar-refractivity contribution in [2.45, 2.75) is 26.7 Å². The van der Waals surface area contributed by atoms with Crippen LogP contribution < -0.4 is 0 Å². The molecule has 0 atom stereocenters. The van der Waals surface area contributed by atoms with Crippen molar-refractivity contribution in [3.05, 3.63) is 70.8 Å². The summed E-state index contributed by atoms with van der Waals surface area (Å²) in [6.07, 6.45) is 1.80. The normalized spacial score (nSPS) is 10.3. The summed E-state index contributed by atoms with van der Waals surface area (Å²) in [4.78, 5) is 1.11. The summed E-state index contributed by atoms with van der Waals surface area (Å²) in [5.41, 5.74) is 5.36. The van der Waals surface area contributed by atoms with E-state index in [2.05, 4.69) is 56.3 Å². The van der Waals surface area contributed by atoms with Gasteiger partial charge in [0.25, 0.3) is 0 Å². The minimum absolute atomic E-state index is 0.893. The van der Waals surface area contributed by atoms with Gasteiger partial charge < -0.3 is 0 Å². The molecule has 0 radical (unpaired) electrons. The van der Waals surface area contributed by atoms with Crippen LogP contribution in [0.5, 0.6) is 0 Å². The molecule has 0 N–H and O–H groups in total. The second-order valence-corrected chi connectivity index (χ2v) is 5.33. The maximum atomic E-state index is 5.54. The van der Waals surface area contributed by atoms with Gasteiger partial charge in [0, 0.05) is 17.7 Å². The lowest BCUT2D eigenvalue weighted by Gasteiger charge is -2.10. The quantitative estimate of drug-likeness (QED) is 0.726. The molecule has 0 fully saturated rings. The third-order valence-corrected chi connectivity index (χ3v) is 3.55. The second-order valence-electron chi connectivity index (χ2n) is 4.75. The van der Waals surface area contributed by atoms with Crippen LogP contribution in [0.1, 0.15) is 22.3 Å². The first kappa shape index (κ1) is 13.0. The standard InChI is InChI=1S/C17H18S/c1-13-7-6-8-14(2)17(13)12-16(18)11-15-9-4-3-5-10-15/h3-10H,11-12H2,1-2H3. The van der Waals surface area contributed by atoms with Crippen LogP contribution in [-0.4, -0.2) is 4.86 Å². The molecule has 2 rings (SSSR count). The van der Waals surface area contributed by atoms with Crippen molar-refractivity contribution in [1.82, 2.24) is 0 Å². The maximum absolute atomic E-state index is 5.54. The van der Waals surface area contributed by atoms with Crippen LogP contribution in [0.25, 0.3) is 0 Å². The summed E-state index contributed by atoms with van der Waals surface area (Å²) in [6, 6.07) is 16.9. The lowest BCUT2D eigenvalue weighted by Crippen LogP contribution is -2.06. The first-order chi connectivity index (χ1) is 8.66. The summed E-state index contributed by atoms with van der Waals surface area (Å²) in [7, 11) is 0. The van der Waals surface area contributed by atoms with E-state index in [9.17, 15) is 0 Å². The van der Waals surface area contributed by atoms with E-state index >= 15 is 0 Å². The topological polar surface area (TPSA) is 0 Å². The molecule has 0 aliphatic carbocycles. The molecule has 0 saturated carbocycles. The minimum Gasteiger partial charge on any atom is -0.0890 e. The summed E-state index contributed by atoms with van der Waals surface area (Å²) < 4.78 is 0. The smallest absolute Gasteiger partial charge is 0.00468 e. The second kappa shape index (κ2) is 5.92. The molecule has 0 saturated heterocycles. The van der Waals surface area contributed by atoms with Crippen molar-refractivity contribution in [1.29, 1.82) is 0 Å². The monoisotopic (exact) mass is 254 g/mol. The number of rotatable bonds is 4. The van der Waals surface area contributed by atoms with Gasteiger partial charge in [-0.2, -0.15) is 0 Å². The van der Waals surface area contributed by atoms with Crippen LogP contribution in [0, 0.1) is 13.8 Å². The molecule has 92 valence electrons. The molecular weight excluding hydrogens is 236 g/mol. The van der Waals surface area contributed by atoms with E-state index in [-0.39, 0.29) is 0 Å². The van der Waals surface area contributed by atoms with Crippen molar-refractivity contribution in [2.75, 3.05) is 0 Å². The zero-order chi connectivity index (χ0) is 13.0. The highest BCUT2D eigenvalue weighted by atomic mass is 32.1. The van der Waals surface area contributed by atoms with E-state index in [0.717, 1.165) is 17.7 Å². The summed E-state index contributed by atoms with van der Waals surface area (Å²) in [6.45, 7) is 4.32. The van der Waals surface area contributed by atoms with Crippen molar-refractivity contribution in [2.24, 2.45) is 0 Å². The highest BCUT2D eigenvalue weighted by molar-refractivity contribution is 7.80. The molecule has 0 aromatic heterocycles. The van der Waals surface area contributed by atoms with Crippen LogP contribution >= 0.6 is 12.2 Å². The molecule has 2 aromatic rings. The van der Waals surface area contributed by atoms with E-state index < -0.39 is 0 Å². The molecule has 0 amide bonds. The number of hydrogen-bond acceptors (Lipinski definition) is 1. The van der Waals surface area contributed by atoms with Crippen molar-refractivity contribution < 1.29 is 0 Å².